The molecule has 1 aliphatic heterocycles. The number of rotatable bonds is 5. The first-order valence-electron chi connectivity index (χ1n) is 11.0. The van der Waals surface area contributed by atoms with Gasteiger partial charge < -0.3 is 9.73 Å². The van der Waals surface area contributed by atoms with Crippen molar-refractivity contribution < 1.29 is 17.6 Å². The zero-order chi connectivity index (χ0) is 23.0. The van der Waals surface area contributed by atoms with Gasteiger partial charge in [0.1, 0.15) is 11.3 Å². The molecule has 0 bridgehead atoms. The van der Waals surface area contributed by atoms with Crippen LogP contribution in [-0.2, 0) is 21.4 Å². The maximum Gasteiger partial charge on any atom is 0.243 e. The number of nitrogens with one attached hydrogen (secondary N) is 1. The summed E-state index contributed by atoms with van der Waals surface area (Å²) in [7, 11) is -3.60. The van der Waals surface area contributed by atoms with Crippen LogP contribution < -0.4 is 5.32 Å². The number of fused-ring (bicyclic) bond motifs is 1. The Morgan fingerprint density at radius 2 is 1.66 bits per heavy atom. The Hall–Kier alpha value is -2.64. The second-order valence-electron chi connectivity index (χ2n) is 8.74. The fourth-order valence-corrected chi connectivity index (χ4v) is 6.54. The Balaban J connectivity index is 1.40. The number of carbonyl (C=O) groups excluding carboxylic acids is 1. The predicted octanol–water partition coefficient (Wildman–Crippen LogP) is 4.38. The number of para-hydroxylation sites is 1. The minimum absolute atomic E-state index is 0.0544. The molecule has 1 fully saturated rings. The average molecular weight is 455 g/mol. The Labute approximate surface area is 189 Å². The van der Waals surface area contributed by atoms with Crippen LogP contribution in [0, 0.1) is 33.6 Å². The molecule has 1 saturated heterocycles. The standard InChI is InChI=1S/C25H30N2O4S/c1-16-13-17(2)19(4)24(18(16)3)32(29,30)27-11-9-20(10-12-27)25(28)26-15-22-14-21-7-5-6-8-23(21)31-22/h5-8,13-14,20H,9-12,15H2,1-4H3,(H,26,28). The lowest BCUT2D eigenvalue weighted by atomic mass is 9.97. The van der Waals surface area contributed by atoms with Crippen LogP contribution in [-0.4, -0.2) is 31.7 Å². The number of furan rings is 1. The van der Waals surface area contributed by atoms with E-state index in [4.69, 9.17) is 4.42 Å². The third-order valence-electron chi connectivity index (χ3n) is 6.63. The lowest BCUT2D eigenvalue weighted by Crippen LogP contribution is -2.43. The Kier molecular flexibility index (Phi) is 6.14. The second-order valence-corrected chi connectivity index (χ2v) is 10.6. The molecular weight excluding hydrogens is 424 g/mol. The van der Waals surface area contributed by atoms with Crippen molar-refractivity contribution in [3.05, 3.63) is 64.4 Å². The highest BCUT2D eigenvalue weighted by atomic mass is 32.2. The van der Waals surface area contributed by atoms with E-state index in [1.165, 1.54) is 4.31 Å². The van der Waals surface area contributed by atoms with E-state index in [2.05, 4.69) is 5.32 Å². The van der Waals surface area contributed by atoms with Gasteiger partial charge in [0.15, 0.2) is 0 Å². The third-order valence-corrected chi connectivity index (χ3v) is 8.81. The molecule has 3 aromatic rings. The summed E-state index contributed by atoms with van der Waals surface area (Å²) in [4.78, 5) is 13.1. The molecule has 1 aromatic heterocycles. The minimum Gasteiger partial charge on any atom is -0.459 e. The van der Waals surface area contributed by atoms with Crippen molar-refractivity contribution in [2.24, 2.45) is 5.92 Å². The zero-order valence-corrected chi connectivity index (χ0v) is 19.9. The Morgan fingerprint density at radius 3 is 2.28 bits per heavy atom. The number of benzene rings is 2. The molecular formula is C25H30N2O4S. The van der Waals surface area contributed by atoms with Crippen molar-refractivity contribution in [1.82, 2.24) is 9.62 Å². The smallest absolute Gasteiger partial charge is 0.243 e. The molecule has 0 saturated carbocycles. The molecule has 0 spiro atoms. The van der Waals surface area contributed by atoms with E-state index in [0.717, 1.165) is 33.2 Å². The van der Waals surface area contributed by atoms with Gasteiger partial charge in [0.05, 0.1) is 11.4 Å². The van der Waals surface area contributed by atoms with Gasteiger partial charge in [-0.2, -0.15) is 4.31 Å². The van der Waals surface area contributed by atoms with Crippen molar-refractivity contribution in [3.8, 4) is 0 Å². The molecule has 0 unspecified atom stereocenters. The number of hydrogen-bond acceptors (Lipinski definition) is 4. The molecule has 0 aliphatic carbocycles. The number of nitrogens with zero attached hydrogens (tertiary/aromatic N) is 1. The van der Waals surface area contributed by atoms with E-state index in [1.54, 1.807) is 0 Å². The van der Waals surface area contributed by atoms with Gasteiger partial charge in [-0.1, -0.05) is 24.3 Å². The van der Waals surface area contributed by atoms with E-state index < -0.39 is 10.0 Å². The SMILES string of the molecule is Cc1cc(C)c(C)c(S(=O)(=O)N2CCC(C(=O)NCc3cc4ccccc4o3)CC2)c1C. The van der Waals surface area contributed by atoms with Gasteiger partial charge in [0.25, 0.3) is 0 Å². The summed E-state index contributed by atoms with van der Waals surface area (Å²) >= 11 is 0. The maximum absolute atomic E-state index is 13.4. The number of sulfonamides is 1. The van der Waals surface area contributed by atoms with Gasteiger partial charge >= 0.3 is 0 Å². The van der Waals surface area contributed by atoms with E-state index in [1.807, 2.05) is 64.1 Å². The summed E-state index contributed by atoms with van der Waals surface area (Å²) < 4.78 is 34.1. The molecule has 1 aliphatic rings. The Bertz CT molecular complexity index is 1210. The Morgan fingerprint density at radius 1 is 1.03 bits per heavy atom. The molecule has 32 heavy (non-hydrogen) atoms. The number of carbonyl (C=O) groups is 1. The molecule has 0 radical (unpaired) electrons. The fourth-order valence-electron chi connectivity index (χ4n) is 4.50. The number of amides is 1. The summed E-state index contributed by atoms with van der Waals surface area (Å²) in [5.74, 6) is 0.453. The van der Waals surface area contributed by atoms with Crippen LogP contribution in [0.4, 0.5) is 0 Å². The van der Waals surface area contributed by atoms with Crippen LogP contribution in [0.1, 0.15) is 40.9 Å². The van der Waals surface area contributed by atoms with Crippen LogP contribution in [0.15, 0.2) is 45.7 Å². The lowest BCUT2D eigenvalue weighted by molar-refractivity contribution is -0.126. The summed E-state index contributed by atoms with van der Waals surface area (Å²) in [5.41, 5.74) is 4.36. The first-order chi connectivity index (χ1) is 15.2. The van der Waals surface area contributed by atoms with Gasteiger partial charge in [0, 0.05) is 24.4 Å². The fraction of sp³-hybridized carbons (Fsp3) is 0.400. The highest BCUT2D eigenvalue weighted by molar-refractivity contribution is 7.89. The van der Waals surface area contributed by atoms with Gasteiger partial charge in [-0.05, 0) is 74.9 Å². The van der Waals surface area contributed by atoms with Gasteiger partial charge in [-0.3, -0.25) is 4.79 Å². The van der Waals surface area contributed by atoms with Gasteiger partial charge in [-0.15, -0.1) is 0 Å². The molecule has 4 rings (SSSR count). The van der Waals surface area contributed by atoms with E-state index in [0.29, 0.717) is 43.1 Å². The first kappa shape index (κ1) is 22.6. The minimum atomic E-state index is -3.60. The van der Waals surface area contributed by atoms with Crippen molar-refractivity contribution in [2.75, 3.05) is 13.1 Å². The summed E-state index contributed by atoms with van der Waals surface area (Å²) in [6, 6.07) is 11.7. The summed E-state index contributed by atoms with van der Waals surface area (Å²) in [5, 5.41) is 3.95. The van der Waals surface area contributed by atoms with E-state index in [9.17, 15) is 13.2 Å². The monoisotopic (exact) mass is 454 g/mol. The third kappa shape index (κ3) is 4.19. The maximum atomic E-state index is 13.4. The molecule has 2 heterocycles. The normalized spacial score (nSPS) is 15.9. The molecule has 0 atom stereocenters. The summed E-state index contributed by atoms with van der Waals surface area (Å²) in [6.45, 7) is 8.64. The van der Waals surface area contributed by atoms with Gasteiger partial charge in [0.2, 0.25) is 15.9 Å². The number of hydrogen-bond donors (Lipinski definition) is 1. The molecule has 1 amide bonds. The van der Waals surface area contributed by atoms with Crippen LogP contribution >= 0.6 is 0 Å². The van der Waals surface area contributed by atoms with Crippen LogP contribution in [0.2, 0.25) is 0 Å². The van der Waals surface area contributed by atoms with Crippen molar-refractivity contribution >= 4 is 26.9 Å². The van der Waals surface area contributed by atoms with Gasteiger partial charge in [-0.25, -0.2) is 8.42 Å². The topological polar surface area (TPSA) is 79.6 Å². The molecule has 170 valence electrons. The first-order valence-corrected chi connectivity index (χ1v) is 12.4. The molecule has 7 heteroatoms. The van der Waals surface area contributed by atoms with Crippen LogP contribution in [0.5, 0.6) is 0 Å². The zero-order valence-electron chi connectivity index (χ0n) is 19.1. The second kappa shape index (κ2) is 8.71. The quantitative estimate of drug-likeness (QED) is 0.620. The number of aryl methyl sites for hydroxylation is 2. The molecule has 1 N–H and O–H groups in total. The lowest BCUT2D eigenvalue weighted by Gasteiger charge is -2.31. The van der Waals surface area contributed by atoms with Crippen molar-refractivity contribution in [1.29, 1.82) is 0 Å². The van der Waals surface area contributed by atoms with Crippen molar-refractivity contribution in [2.45, 2.75) is 52.0 Å². The number of piperidine rings is 1. The van der Waals surface area contributed by atoms with E-state index in [-0.39, 0.29) is 11.8 Å². The average Bonchev–Trinajstić information content (AvgIpc) is 3.19. The van der Waals surface area contributed by atoms with Crippen LogP contribution in [0.25, 0.3) is 11.0 Å². The highest BCUT2D eigenvalue weighted by Gasteiger charge is 2.34. The van der Waals surface area contributed by atoms with E-state index >= 15 is 0 Å². The molecule has 2 aromatic carbocycles. The van der Waals surface area contributed by atoms with Crippen molar-refractivity contribution in [3.63, 3.8) is 0 Å². The predicted molar refractivity (Wildman–Crippen MR) is 125 cm³/mol. The van der Waals surface area contributed by atoms with Crippen LogP contribution in [0.3, 0.4) is 0 Å². The molecule has 6 nitrogen and oxygen atoms in total. The summed E-state index contributed by atoms with van der Waals surface area (Å²) in [6.07, 6.45) is 1.02. The largest absolute Gasteiger partial charge is 0.459 e. The highest BCUT2D eigenvalue weighted by Crippen LogP contribution is 2.31.